The average molecular weight is 257 g/mol. The summed E-state index contributed by atoms with van der Waals surface area (Å²) in [4.78, 5) is 0. The molecule has 2 N–H and O–H groups in total. The van der Waals surface area contributed by atoms with Crippen molar-refractivity contribution < 1.29 is 4.74 Å². The number of rotatable bonds is 2. The molecule has 2 rings (SSSR count). The second kappa shape index (κ2) is 6.24. The van der Waals surface area contributed by atoms with Gasteiger partial charge in [-0.1, -0.05) is 12.1 Å². The number of piperazine rings is 1. The van der Waals surface area contributed by atoms with E-state index in [0.717, 1.165) is 25.4 Å². The largest absolute Gasteiger partial charge is 0.496 e. The van der Waals surface area contributed by atoms with Crippen molar-refractivity contribution in [3.05, 3.63) is 28.8 Å². The topological polar surface area (TPSA) is 33.3 Å². The minimum Gasteiger partial charge on any atom is -0.496 e. The molecule has 1 aliphatic heterocycles. The zero-order chi connectivity index (χ0) is 11.5. The van der Waals surface area contributed by atoms with Crippen LogP contribution in [-0.4, -0.2) is 26.7 Å². The van der Waals surface area contributed by atoms with Crippen LogP contribution in [0, 0.1) is 13.8 Å². The molecule has 1 aromatic rings. The lowest BCUT2D eigenvalue weighted by molar-refractivity contribution is 0.405. The molecule has 0 bridgehead atoms. The van der Waals surface area contributed by atoms with Crippen molar-refractivity contribution in [2.24, 2.45) is 0 Å². The number of methoxy groups -OCH3 is 1. The summed E-state index contributed by atoms with van der Waals surface area (Å²) >= 11 is 0. The summed E-state index contributed by atoms with van der Waals surface area (Å²) in [5.74, 6) is 1.01. The highest BCUT2D eigenvalue weighted by Crippen LogP contribution is 2.27. The summed E-state index contributed by atoms with van der Waals surface area (Å²) < 4.78 is 5.38. The predicted octanol–water partition coefficient (Wildman–Crippen LogP) is 1.97. The number of halogens is 1. The standard InChI is InChI=1S/C13H20N2O.ClH/c1-9-6-11(7-10(2)13(9)16-3)12-8-14-4-5-15-12;/h6-7,12,14-15H,4-5,8H2,1-3H3;1H/t12-;/m0./s1. The van der Waals surface area contributed by atoms with Crippen LogP contribution in [-0.2, 0) is 0 Å². The van der Waals surface area contributed by atoms with Gasteiger partial charge in [0.05, 0.1) is 7.11 Å². The lowest BCUT2D eigenvalue weighted by atomic mass is 9.99. The molecule has 1 heterocycles. The fraction of sp³-hybridized carbons (Fsp3) is 0.538. The number of aryl methyl sites for hydroxylation is 2. The predicted molar refractivity (Wildman–Crippen MR) is 73.3 cm³/mol. The van der Waals surface area contributed by atoms with Crippen molar-refractivity contribution in [1.29, 1.82) is 0 Å². The van der Waals surface area contributed by atoms with E-state index in [9.17, 15) is 0 Å². The molecular formula is C13H21ClN2O. The average Bonchev–Trinajstić information content (AvgIpc) is 2.30. The maximum absolute atomic E-state index is 5.38. The van der Waals surface area contributed by atoms with Crippen molar-refractivity contribution in [3.8, 4) is 5.75 Å². The Morgan fingerprint density at radius 3 is 2.29 bits per heavy atom. The number of benzene rings is 1. The van der Waals surface area contributed by atoms with Crippen LogP contribution in [0.4, 0.5) is 0 Å². The van der Waals surface area contributed by atoms with Crippen LogP contribution in [0.25, 0.3) is 0 Å². The van der Waals surface area contributed by atoms with Crippen molar-refractivity contribution >= 4 is 12.4 Å². The number of hydrogen-bond acceptors (Lipinski definition) is 3. The molecule has 0 saturated carbocycles. The molecule has 0 aliphatic carbocycles. The van der Waals surface area contributed by atoms with Gasteiger partial charge in [0, 0.05) is 25.7 Å². The zero-order valence-electron chi connectivity index (χ0n) is 10.7. The Kier molecular flexibility index (Phi) is 5.25. The Hall–Kier alpha value is -0.770. The number of nitrogens with one attached hydrogen (secondary N) is 2. The molecule has 1 saturated heterocycles. The van der Waals surface area contributed by atoms with Crippen LogP contribution < -0.4 is 15.4 Å². The van der Waals surface area contributed by atoms with Gasteiger partial charge in [-0.3, -0.25) is 0 Å². The molecule has 4 heteroatoms. The second-order valence-electron chi connectivity index (χ2n) is 4.40. The van der Waals surface area contributed by atoms with Gasteiger partial charge in [-0.25, -0.2) is 0 Å². The highest BCUT2D eigenvalue weighted by atomic mass is 35.5. The normalized spacial score (nSPS) is 19.6. The summed E-state index contributed by atoms with van der Waals surface area (Å²) in [5.41, 5.74) is 3.78. The molecule has 0 unspecified atom stereocenters. The van der Waals surface area contributed by atoms with Crippen molar-refractivity contribution in [2.45, 2.75) is 19.9 Å². The second-order valence-corrected chi connectivity index (χ2v) is 4.40. The smallest absolute Gasteiger partial charge is 0.124 e. The molecule has 0 spiro atoms. The third-order valence-corrected chi connectivity index (χ3v) is 3.13. The summed E-state index contributed by atoms with van der Waals surface area (Å²) in [6, 6.07) is 4.87. The van der Waals surface area contributed by atoms with E-state index in [0.29, 0.717) is 6.04 Å². The van der Waals surface area contributed by atoms with E-state index >= 15 is 0 Å². The maximum atomic E-state index is 5.38. The molecule has 1 aromatic carbocycles. The summed E-state index contributed by atoms with van der Waals surface area (Å²) in [7, 11) is 1.73. The van der Waals surface area contributed by atoms with E-state index in [-0.39, 0.29) is 12.4 Å². The quantitative estimate of drug-likeness (QED) is 0.849. The van der Waals surface area contributed by atoms with Gasteiger partial charge in [-0.05, 0) is 30.5 Å². The Labute approximate surface area is 109 Å². The van der Waals surface area contributed by atoms with Crippen molar-refractivity contribution in [3.63, 3.8) is 0 Å². The summed E-state index contributed by atoms with van der Waals surface area (Å²) in [6.45, 7) is 7.31. The Morgan fingerprint density at radius 1 is 1.18 bits per heavy atom. The summed E-state index contributed by atoms with van der Waals surface area (Å²) in [5, 5.41) is 6.93. The lowest BCUT2D eigenvalue weighted by Gasteiger charge is -2.26. The van der Waals surface area contributed by atoms with E-state index in [4.69, 9.17) is 4.74 Å². The van der Waals surface area contributed by atoms with E-state index < -0.39 is 0 Å². The Morgan fingerprint density at radius 2 is 1.82 bits per heavy atom. The Balaban J connectivity index is 0.00000144. The number of ether oxygens (including phenoxy) is 1. The van der Waals surface area contributed by atoms with Gasteiger partial charge < -0.3 is 15.4 Å². The minimum absolute atomic E-state index is 0. The molecular weight excluding hydrogens is 236 g/mol. The first-order valence-corrected chi connectivity index (χ1v) is 5.81. The molecule has 0 aromatic heterocycles. The zero-order valence-corrected chi connectivity index (χ0v) is 11.5. The Bertz CT molecular complexity index is 353. The van der Waals surface area contributed by atoms with Crippen molar-refractivity contribution in [2.75, 3.05) is 26.7 Å². The van der Waals surface area contributed by atoms with Crippen LogP contribution in [0.15, 0.2) is 12.1 Å². The molecule has 1 fully saturated rings. The van der Waals surface area contributed by atoms with Crippen LogP contribution in [0.3, 0.4) is 0 Å². The first-order valence-electron chi connectivity index (χ1n) is 5.81. The SMILES string of the molecule is COc1c(C)cc([C@@H]2CNCCN2)cc1C.Cl. The third-order valence-electron chi connectivity index (χ3n) is 3.13. The van der Waals surface area contributed by atoms with Gasteiger partial charge in [-0.2, -0.15) is 0 Å². The highest BCUT2D eigenvalue weighted by molar-refractivity contribution is 5.85. The molecule has 0 radical (unpaired) electrons. The van der Waals surface area contributed by atoms with Gasteiger partial charge in [-0.15, -0.1) is 12.4 Å². The van der Waals surface area contributed by atoms with Crippen LogP contribution in [0.1, 0.15) is 22.7 Å². The fourth-order valence-electron chi connectivity index (χ4n) is 2.40. The van der Waals surface area contributed by atoms with Gasteiger partial charge in [0.15, 0.2) is 0 Å². The van der Waals surface area contributed by atoms with Gasteiger partial charge in [0.1, 0.15) is 5.75 Å². The monoisotopic (exact) mass is 256 g/mol. The molecule has 1 aliphatic rings. The maximum Gasteiger partial charge on any atom is 0.124 e. The van der Waals surface area contributed by atoms with E-state index in [1.54, 1.807) is 7.11 Å². The van der Waals surface area contributed by atoms with Gasteiger partial charge >= 0.3 is 0 Å². The molecule has 17 heavy (non-hydrogen) atoms. The van der Waals surface area contributed by atoms with Crippen LogP contribution >= 0.6 is 12.4 Å². The molecule has 96 valence electrons. The first kappa shape index (κ1) is 14.3. The molecule has 3 nitrogen and oxygen atoms in total. The van der Waals surface area contributed by atoms with Crippen LogP contribution in [0.5, 0.6) is 5.75 Å². The number of hydrogen-bond donors (Lipinski definition) is 2. The first-order chi connectivity index (χ1) is 7.72. The highest BCUT2D eigenvalue weighted by Gasteiger charge is 2.16. The van der Waals surface area contributed by atoms with E-state index in [1.165, 1.54) is 16.7 Å². The minimum atomic E-state index is 0. The van der Waals surface area contributed by atoms with E-state index in [1.807, 2.05) is 0 Å². The molecule has 0 amide bonds. The lowest BCUT2D eigenvalue weighted by Crippen LogP contribution is -2.42. The third kappa shape index (κ3) is 3.12. The molecule has 1 atom stereocenters. The van der Waals surface area contributed by atoms with Crippen LogP contribution in [0.2, 0.25) is 0 Å². The fourth-order valence-corrected chi connectivity index (χ4v) is 2.40. The van der Waals surface area contributed by atoms with Gasteiger partial charge in [0.25, 0.3) is 0 Å². The summed E-state index contributed by atoms with van der Waals surface area (Å²) in [6.07, 6.45) is 0. The van der Waals surface area contributed by atoms with Gasteiger partial charge in [0.2, 0.25) is 0 Å². The van der Waals surface area contributed by atoms with Crippen molar-refractivity contribution in [1.82, 2.24) is 10.6 Å². The van der Waals surface area contributed by atoms with E-state index in [2.05, 4.69) is 36.6 Å².